The minimum Gasteiger partial charge on any atom is -0.493 e. The lowest BCUT2D eigenvalue weighted by Crippen LogP contribution is -2.29. The molecule has 0 unspecified atom stereocenters. The van der Waals surface area contributed by atoms with E-state index in [0.29, 0.717) is 23.1 Å². The van der Waals surface area contributed by atoms with Crippen molar-refractivity contribution in [3.05, 3.63) is 22.7 Å². The molecule has 0 amide bonds. The van der Waals surface area contributed by atoms with E-state index in [1.165, 1.54) is 45.3 Å². The van der Waals surface area contributed by atoms with E-state index in [1.807, 2.05) is 19.1 Å². The zero-order chi connectivity index (χ0) is 19.2. The molecule has 0 aromatic heterocycles. The normalized spacial score (nSPS) is 10.4. The molecule has 1 aromatic rings. The Balaban J connectivity index is 0. The number of ether oxygens (including phenoxy) is 2. The molecular weight excluding hydrogens is 419 g/mol. The summed E-state index contributed by atoms with van der Waals surface area (Å²) in [6.45, 7) is 12.4. The number of rotatable bonds is 15. The lowest BCUT2D eigenvalue weighted by molar-refractivity contribution is 0.261. The summed E-state index contributed by atoms with van der Waals surface area (Å²) in [7, 11) is 1.65. The van der Waals surface area contributed by atoms with E-state index in [2.05, 4.69) is 24.1 Å². The fraction of sp³-hybridized carbons (Fsp3) is 0.714. The van der Waals surface area contributed by atoms with Crippen LogP contribution in [0.3, 0.4) is 0 Å². The molecule has 7 heteroatoms. The van der Waals surface area contributed by atoms with Crippen LogP contribution in [0.25, 0.3) is 0 Å². The molecule has 1 aromatic carbocycles. The Kier molecular flexibility index (Phi) is 19.8. The molecule has 1 N–H and O–H groups in total. The number of hydrogen-bond donors (Lipinski definition) is 1. The van der Waals surface area contributed by atoms with Crippen molar-refractivity contribution in [2.45, 2.75) is 59.4 Å². The van der Waals surface area contributed by atoms with Gasteiger partial charge in [0.1, 0.15) is 0 Å². The quantitative estimate of drug-likeness (QED) is 0.329. The summed E-state index contributed by atoms with van der Waals surface area (Å²) >= 11 is 6.33. The third kappa shape index (κ3) is 11.6. The van der Waals surface area contributed by atoms with Crippen LogP contribution in [0.5, 0.6) is 11.5 Å². The minimum absolute atomic E-state index is 0. The second-order valence-corrected chi connectivity index (χ2v) is 7.03. The Labute approximate surface area is 189 Å². The maximum atomic E-state index is 6.33. The Morgan fingerprint density at radius 3 is 2.11 bits per heavy atom. The number of unbranched alkanes of at least 4 members (excludes halogenated alkanes) is 2. The Morgan fingerprint density at radius 2 is 1.57 bits per heavy atom. The molecule has 0 bridgehead atoms. The number of nitrogens with zero attached hydrogens (tertiary/aromatic N) is 1. The van der Waals surface area contributed by atoms with Gasteiger partial charge in [-0.25, -0.2) is 0 Å². The first-order valence-corrected chi connectivity index (χ1v) is 10.5. The van der Waals surface area contributed by atoms with E-state index in [1.54, 1.807) is 7.11 Å². The average molecular weight is 458 g/mol. The Bertz CT molecular complexity index is 497. The van der Waals surface area contributed by atoms with Gasteiger partial charge in [0.25, 0.3) is 0 Å². The first-order valence-electron chi connectivity index (χ1n) is 10.1. The molecule has 28 heavy (non-hydrogen) atoms. The number of methoxy groups -OCH3 is 1. The SMILES string of the molecule is CCCCN(CCCC)CCCNCc1cc(Cl)c(OCC)c(OC)c1.Cl.Cl. The van der Waals surface area contributed by atoms with Gasteiger partial charge in [-0.05, 0) is 70.1 Å². The number of hydrogen-bond acceptors (Lipinski definition) is 4. The zero-order valence-corrected chi connectivity index (χ0v) is 20.3. The molecule has 0 heterocycles. The van der Waals surface area contributed by atoms with Crippen LogP contribution in [-0.2, 0) is 6.54 Å². The number of benzene rings is 1. The molecule has 0 aliphatic rings. The lowest BCUT2D eigenvalue weighted by Gasteiger charge is -2.22. The van der Waals surface area contributed by atoms with E-state index in [4.69, 9.17) is 21.1 Å². The van der Waals surface area contributed by atoms with Gasteiger partial charge in [-0.2, -0.15) is 0 Å². The molecule has 0 spiro atoms. The summed E-state index contributed by atoms with van der Waals surface area (Å²) in [5, 5.41) is 4.12. The highest BCUT2D eigenvalue weighted by molar-refractivity contribution is 6.32. The molecule has 0 aliphatic carbocycles. The van der Waals surface area contributed by atoms with Gasteiger partial charge in [0, 0.05) is 6.54 Å². The van der Waals surface area contributed by atoms with E-state index in [-0.39, 0.29) is 24.8 Å². The molecule has 0 saturated carbocycles. The van der Waals surface area contributed by atoms with Crippen molar-refractivity contribution in [1.29, 1.82) is 0 Å². The van der Waals surface area contributed by atoms with Crippen LogP contribution in [0.1, 0.15) is 58.4 Å². The highest BCUT2D eigenvalue weighted by atomic mass is 35.5. The lowest BCUT2D eigenvalue weighted by atomic mass is 10.2. The predicted molar refractivity (Wildman–Crippen MR) is 126 cm³/mol. The highest BCUT2D eigenvalue weighted by Gasteiger charge is 2.11. The van der Waals surface area contributed by atoms with Gasteiger partial charge in [0.05, 0.1) is 18.7 Å². The van der Waals surface area contributed by atoms with Crippen molar-refractivity contribution in [2.75, 3.05) is 39.9 Å². The van der Waals surface area contributed by atoms with Crippen LogP contribution in [0.2, 0.25) is 5.02 Å². The first kappa shape index (κ1) is 29.8. The summed E-state index contributed by atoms with van der Waals surface area (Å²) < 4.78 is 11.0. The topological polar surface area (TPSA) is 33.7 Å². The smallest absolute Gasteiger partial charge is 0.179 e. The monoisotopic (exact) mass is 456 g/mol. The van der Waals surface area contributed by atoms with E-state index in [0.717, 1.165) is 25.1 Å². The van der Waals surface area contributed by atoms with Gasteiger partial charge in [0.2, 0.25) is 0 Å². The van der Waals surface area contributed by atoms with Gasteiger partial charge in [-0.3, -0.25) is 0 Å². The summed E-state index contributed by atoms with van der Waals surface area (Å²) in [4.78, 5) is 2.60. The first-order chi connectivity index (χ1) is 12.7. The maximum Gasteiger partial charge on any atom is 0.179 e. The highest BCUT2D eigenvalue weighted by Crippen LogP contribution is 2.36. The van der Waals surface area contributed by atoms with Crippen LogP contribution in [0.15, 0.2) is 12.1 Å². The Hall–Kier alpha value is -0.390. The third-order valence-corrected chi connectivity index (χ3v) is 4.67. The van der Waals surface area contributed by atoms with Crippen LogP contribution >= 0.6 is 36.4 Å². The van der Waals surface area contributed by atoms with E-state index >= 15 is 0 Å². The van der Waals surface area contributed by atoms with Crippen LogP contribution in [-0.4, -0.2) is 44.8 Å². The molecule has 0 radical (unpaired) electrons. The fourth-order valence-corrected chi connectivity index (χ4v) is 3.21. The third-order valence-electron chi connectivity index (χ3n) is 4.39. The van der Waals surface area contributed by atoms with Crippen molar-refractivity contribution in [3.63, 3.8) is 0 Å². The van der Waals surface area contributed by atoms with Gasteiger partial charge < -0.3 is 19.7 Å². The summed E-state index contributed by atoms with van der Waals surface area (Å²) in [6, 6.07) is 3.95. The molecular formula is C21H39Cl3N2O2. The standard InChI is InChI=1S/C21H37ClN2O2.2ClH/c1-5-8-12-24(13-9-6-2)14-10-11-23-17-18-15-19(22)21(26-7-3)20(16-18)25-4;;/h15-16,23H,5-14,17H2,1-4H3;2*1H. The number of nitrogens with one attached hydrogen (secondary N) is 1. The molecule has 0 saturated heterocycles. The molecule has 0 fully saturated rings. The predicted octanol–water partition coefficient (Wildman–Crippen LogP) is 5.97. The van der Waals surface area contributed by atoms with E-state index in [9.17, 15) is 0 Å². The molecule has 0 atom stereocenters. The minimum atomic E-state index is 0. The molecule has 4 nitrogen and oxygen atoms in total. The maximum absolute atomic E-state index is 6.33. The van der Waals surface area contributed by atoms with Gasteiger partial charge in [-0.15, -0.1) is 24.8 Å². The largest absolute Gasteiger partial charge is 0.493 e. The van der Waals surface area contributed by atoms with Crippen molar-refractivity contribution in [1.82, 2.24) is 10.2 Å². The van der Waals surface area contributed by atoms with Crippen LogP contribution < -0.4 is 14.8 Å². The van der Waals surface area contributed by atoms with Crippen molar-refractivity contribution >= 4 is 36.4 Å². The van der Waals surface area contributed by atoms with Crippen molar-refractivity contribution in [3.8, 4) is 11.5 Å². The van der Waals surface area contributed by atoms with Gasteiger partial charge in [-0.1, -0.05) is 38.3 Å². The van der Waals surface area contributed by atoms with Gasteiger partial charge in [0.15, 0.2) is 11.5 Å². The summed E-state index contributed by atoms with van der Waals surface area (Å²) in [5.41, 5.74) is 1.11. The molecule has 166 valence electrons. The summed E-state index contributed by atoms with van der Waals surface area (Å²) in [6.07, 6.45) is 6.28. The zero-order valence-electron chi connectivity index (χ0n) is 17.9. The van der Waals surface area contributed by atoms with E-state index < -0.39 is 0 Å². The van der Waals surface area contributed by atoms with Gasteiger partial charge >= 0.3 is 0 Å². The summed E-state index contributed by atoms with van der Waals surface area (Å²) in [5.74, 6) is 1.32. The average Bonchev–Trinajstić information content (AvgIpc) is 2.64. The van der Waals surface area contributed by atoms with Crippen LogP contribution in [0, 0.1) is 0 Å². The fourth-order valence-electron chi connectivity index (χ4n) is 2.92. The second-order valence-electron chi connectivity index (χ2n) is 6.62. The Morgan fingerprint density at radius 1 is 0.964 bits per heavy atom. The molecule has 0 aliphatic heterocycles. The second kappa shape index (κ2) is 18.6. The van der Waals surface area contributed by atoms with Crippen LogP contribution in [0.4, 0.5) is 0 Å². The molecule has 1 rings (SSSR count). The van der Waals surface area contributed by atoms with Crippen molar-refractivity contribution in [2.24, 2.45) is 0 Å². The number of halogens is 3. The van der Waals surface area contributed by atoms with Crippen molar-refractivity contribution < 1.29 is 9.47 Å².